The van der Waals surface area contributed by atoms with Gasteiger partial charge in [0.15, 0.2) is 5.82 Å². The van der Waals surface area contributed by atoms with Gasteiger partial charge in [0, 0.05) is 0 Å². The van der Waals surface area contributed by atoms with E-state index in [1.165, 1.54) is 19.3 Å². The Kier molecular flexibility index (Phi) is 2.28. The second-order valence-corrected chi connectivity index (χ2v) is 6.24. The highest BCUT2D eigenvalue weighted by atomic mass is 15.6. The van der Waals surface area contributed by atoms with E-state index in [1.807, 2.05) is 0 Å². The van der Waals surface area contributed by atoms with Crippen LogP contribution in [0.1, 0.15) is 51.0 Å². The van der Waals surface area contributed by atoms with Crippen LogP contribution < -0.4 is 5.32 Å². The molecule has 0 aromatic carbocycles. The van der Waals surface area contributed by atoms with Gasteiger partial charge >= 0.3 is 0 Å². The normalized spacial score (nSPS) is 42.0. The second-order valence-electron chi connectivity index (χ2n) is 6.24. The van der Waals surface area contributed by atoms with Crippen LogP contribution in [0.15, 0.2) is 0 Å². The first-order chi connectivity index (χ1) is 8.81. The third kappa shape index (κ3) is 1.34. The monoisotopic (exact) mass is 247 g/mol. The molecule has 3 saturated carbocycles. The lowest BCUT2D eigenvalue weighted by Gasteiger charge is -2.14. The van der Waals surface area contributed by atoms with Crippen molar-refractivity contribution in [3.05, 3.63) is 5.82 Å². The van der Waals surface area contributed by atoms with Crippen LogP contribution in [0.3, 0.4) is 0 Å². The summed E-state index contributed by atoms with van der Waals surface area (Å²) in [4.78, 5) is 0. The number of nitrogens with zero attached hydrogens (tertiary/aromatic N) is 4. The van der Waals surface area contributed by atoms with Crippen LogP contribution in [0.5, 0.6) is 0 Å². The Morgan fingerprint density at radius 3 is 2.72 bits per heavy atom. The molecule has 3 aliphatic carbocycles. The minimum atomic E-state index is 0.254. The molecule has 1 aromatic rings. The van der Waals surface area contributed by atoms with Crippen molar-refractivity contribution in [2.24, 2.45) is 23.7 Å². The molecule has 3 aliphatic rings. The first-order valence-electron chi connectivity index (χ1n) is 7.32. The van der Waals surface area contributed by atoms with Gasteiger partial charge < -0.3 is 5.32 Å². The average Bonchev–Trinajstić information content (AvgIpc) is 2.80. The number of tetrazole rings is 1. The maximum absolute atomic E-state index is 4.28. The molecule has 18 heavy (non-hydrogen) atoms. The third-order valence-corrected chi connectivity index (χ3v) is 5.39. The highest BCUT2D eigenvalue weighted by Gasteiger charge is 2.66. The van der Waals surface area contributed by atoms with Crippen LogP contribution in [-0.2, 0) is 0 Å². The van der Waals surface area contributed by atoms with Crippen LogP contribution in [0.4, 0.5) is 0 Å². The molecule has 0 amide bonds. The van der Waals surface area contributed by atoms with Gasteiger partial charge in [0.05, 0.1) is 12.1 Å². The van der Waals surface area contributed by atoms with E-state index in [-0.39, 0.29) is 6.04 Å². The molecule has 4 rings (SSSR count). The third-order valence-electron chi connectivity index (χ3n) is 5.39. The summed E-state index contributed by atoms with van der Waals surface area (Å²) >= 11 is 0. The molecule has 5 unspecified atom stereocenters. The zero-order valence-electron chi connectivity index (χ0n) is 11.1. The van der Waals surface area contributed by atoms with Crippen molar-refractivity contribution in [3.8, 4) is 0 Å². The molecule has 1 N–H and O–H groups in total. The number of hydrogen-bond donors (Lipinski definition) is 1. The lowest BCUT2D eigenvalue weighted by Crippen LogP contribution is -2.22. The summed E-state index contributed by atoms with van der Waals surface area (Å²) in [6.07, 6.45) is 4.37. The molecule has 98 valence electrons. The predicted molar refractivity (Wildman–Crippen MR) is 66.8 cm³/mol. The summed E-state index contributed by atoms with van der Waals surface area (Å²) in [5, 5.41) is 15.8. The summed E-state index contributed by atoms with van der Waals surface area (Å²) < 4.78 is 2.13. The van der Waals surface area contributed by atoms with Crippen molar-refractivity contribution in [2.75, 3.05) is 6.54 Å². The lowest BCUT2D eigenvalue weighted by molar-refractivity contribution is 0.402. The molecule has 3 fully saturated rings. The van der Waals surface area contributed by atoms with Crippen LogP contribution in [-0.4, -0.2) is 26.8 Å². The summed E-state index contributed by atoms with van der Waals surface area (Å²) in [6, 6.07) is 0.867. The van der Waals surface area contributed by atoms with Crippen LogP contribution in [0, 0.1) is 23.7 Å². The van der Waals surface area contributed by atoms with E-state index in [1.54, 1.807) is 0 Å². The first-order valence-corrected chi connectivity index (χ1v) is 7.32. The highest BCUT2D eigenvalue weighted by Crippen LogP contribution is 2.71. The lowest BCUT2D eigenvalue weighted by atomic mass is 10.0. The maximum Gasteiger partial charge on any atom is 0.168 e. The van der Waals surface area contributed by atoms with Gasteiger partial charge in [-0.3, -0.25) is 0 Å². The molecule has 5 heteroatoms. The second kappa shape index (κ2) is 3.76. The smallest absolute Gasteiger partial charge is 0.168 e. The summed E-state index contributed by atoms with van der Waals surface area (Å²) in [6.45, 7) is 5.23. The fourth-order valence-corrected chi connectivity index (χ4v) is 4.70. The molecule has 0 saturated heterocycles. The van der Waals surface area contributed by atoms with Gasteiger partial charge in [-0.15, -0.1) is 5.10 Å². The largest absolute Gasteiger partial charge is 0.308 e. The topological polar surface area (TPSA) is 55.6 Å². The van der Waals surface area contributed by atoms with Gasteiger partial charge in [-0.1, -0.05) is 6.92 Å². The molecule has 5 nitrogen and oxygen atoms in total. The first kappa shape index (κ1) is 10.9. The van der Waals surface area contributed by atoms with Gasteiger partial charge in [-0.05, 0) is 66.8 Å². The minimum absolute atomic E-state index is 0.254. The summed E-state index contributed by atoms with van der Waals surface area (Å²) in [5.74, 6) is 4.74. The van der Waals surface area contributed by atoms with E-state index in [2.05, 4.69) is 39.4 Å². The fourth-order valence-electron chi connectivity index (χ4n) is 4.70. The fraction of sp³-hybridized carbons (Fsp3) is 0.923. The minimum Gasteiger partial charge on any atom is -0.308 e. The number of rotatable bonds is 4. The van der Waals surface area contributed by atoms with Gasteiger partial charge in [-0.2, -0.15) is 0 Å². The Balaban J connectivity index is 1.58. The molecule has 1 aromatic heterocycles. The van der Waals surface area contributed by atoms with Crippen LogP contribution in [0.2, 0.25) is 0 Å². The van der Waals surface area contributed by atoms with Crippen LogP contribution >= 0.6 is 0 Å². The van der Waals surface area contributed by atoms with Crippen molar-refractivity contribution in [2.45, 2.75) is 45.2 Å². The van der Waals surface area contributed by atoms with E-state index in [0.29, 0.717) is 6.04 Å². The number of fused-ring (bicyclic) bond motifs is 5. The zero-order valence-corrected chi connectivity index (χ0v) is 11.1. The Hall–Kier alpha value is -0.970. The van der Waals surface area contributed by atoms with E-state index in [0.717, 1.165) is 36.0 Å². The molecule has 0 radical (unpaired) electrons. The van der Waals surface area contributed by atoms with Crippen molar-refractivity contribution in [3.63, 3.8) is 0 Å². The van der Waals surface area contributed by atoms with Gasteiger partial charge in [0.1, 0.15) is 0 Å². The number of hydrogen-bond acceptors (Lipinski definition) is 4. The van der Waals surface area contributed by atoms with Gasteiger partial charge in [0.25, 0.3) is 0 Å². The van der Waals surface area contributed by atoms with Crippen molar-refractivity contribution < 1.29 is 0 Å². The highest BCUT2D eigenvalue weighted by molar-refractivity contribution is 5.16. The Labute approximate surface area is 107 Å². The van der Waals surface area contributed by atoms with E-state index >= 15 is 0 Å². The van der Waals surface area contributed by atoms with Crippen molar-refractivity contribution >= 4 is 0 Å². The molecular formula is C13H21N5. The van der Waals surface area contributed by atoms with Crippen molar-refractivity contribution in [1.29, 1.82) is 0 Å². The van der Waals surface area contributed by atoms with Gasteiger partial charge in [-0.25, -0.2) is 4.68 Å². The zero-order chi connectivity index (χ0) is 12.3. The molecule has 2 bridgehead atoms. The Bertz CT molecular complexity index is 440. The Morgan fingerprint density at radius 1 is 1.33 bits per heavy atom. The molecule has 1 heterocycles. The maximum atomic E-state index is 4.28. The quantitative estimate of drug-likeness (QED) is 0.877. The van der Waals surface area contributed by atoms with Gasteiger partial charge in [0.2, 0.25) is 0 Å². The van der Waals surface area contributed by atoms with Crippen molar-refractivity contribution in [1.82, 2.24) is 25.5 Å². The Morgan fingerprint density at radius 2 is 2.06 bits per heavy atom. The van der Waals surface area contributed by atoms with Crippen LogP contribution in [0.25, 0.3) is 0 Å². The standard InChI is InChI=1S/C13H21N5/c1-3-14-7(2)13-15-16-17-18(13)12-10-8-4-5-9(6-8)11(10)12/h7-12,14H,3-6H2,1-2H3. The number of nitrogens with one attached hydrogen (secondary N) is 1. The van der Waals surface area contributed by atoms with E-state index in [4.69, 9.17) is 0 Å². The summed E-state index contributed by atoms with van der Waals surface area (Å²) in [5.41, 5.74) is 0. The molecule has 5 atom stereocenters. The molecular weight excluding hydrogens is 226 g/mol. The van der Waals surface area contributed by atoms with E-state index in [9.17, 15) is 0 Å². The summed E-state index contributed by atoms with van der Waals surface area (Å²) in [7, 11) is 0. The SMILES string of the molecule is CCNC(C)c1nnnn1C1C2C3CCC(C3)C21. The number of aromatic nitrogens is 4. The predicted octanol–water partition coefficient (Wildman–Crippen LogP) is 1.56. The van der Waals surface area contributed by atoms with E-state index < -0.39 is 0 Å². The average molecular weight is 247 g/mol. The molecule has 0 aliphatic heterocycles. The molecule has 0 spiro atoms.